The van der Waals surface area contributed by atoms with Crippen molar-refractivity contribution in [1.29, 1.82) is 0 Å². The van der Waals surface area contributed by atoms with E-state index < -0.39 is 0 Å². The molecule has 2 unspecified atom stereocenters. The van der Waals surface area contributed by atoms with Crippen molar-refractivity contribution in [1.82, 2.24) is 5.32 Å². The molecule has 0 saturated carbocycles. The fourth-order valence-corrected chi connectivity index (χ4v) is 2.12. The molecule has 0 aromatic carbocycles. The highest BCUT2D eigenvalue weighted by Crippen LogP contribution is 2.35. The molecule has 0 fully saturated rings. The quantitative estimate of drug-likeness (QED) is 0.897. The molecular weight excluding hydrogens is 258 g/mol. The van der Waals surface area contributed by atoms with Gasteiger partial charge in [-0.05, 0) is 42.4 Å². The highest BCUT2D eigenvalue weighted by molar-refractivity contribution is 9.10. The highest BCUT2D eigenvalue weighted by atomic mass is 79.9. The third-order valence-electron chi connectivity index (χ3n) is 2.97. The van der Waals surface area contributed by atoms with Gasteiger partial charge < -0.3 is 14.5 Å². The minimum atomic E-state index is -0.269. The van der Waals surface area contributed by atoms with Gasteiger partial charge in [-0.2, -0.15) is 0 Å². The van der Waals surface area contributed by atoms with Crippen LogP contribution in [0.15, 0.2) is 21.2 Å². The smallest absolute Gasteiger partial charge is 0.137 e. The summed E-state index contributed by atoms with van der Waals surface area (Å²) in [5.41, 5.74) is -0.269. The van der Waals surface area contributed by atoms with Gasteiger partial charge in [0.05, 0.1) is 22.4 Å². The summed E-state index contributed by atoms with van der Waals surface area (Å²) in [4.78, 5) is 0. The minimum absolute atomic E-state index is 0.0388. The molecule has 1 aromatic heterocycles. The Kier molecular flexibility index (Phi) is 4.37. The van der Waals surface area contributed by atoms with Gasteiger partial charge >= 0.3 is 0 Å². The van der Waals surface area contributed by atoms with Crippen molar-refractivity contribution in [3.8, 4) is 0 Å². The second-order valence-corrected chi connectivity index (χ2v) is 4.58. The summed E-state index contributed by atoms with van der Waals surface area (Å²) in [5, 5.41) is 3.24. The molecule has 3 nitrogen and oxygen atoms in total. The summed E-state index contributed by atoms with van der Waals surface area (Å²) in [6.45, 7) is 4.17. The first kappa shape index (κ1) is 12.7. The van der Waals surface area contributed by atoms with Crippen molar-refractivity contribution in [2.75, 3.05) is 14.2 Å². The number of likely N-dealkylation sites (N-methyl/N-ethyl adjacent to an activating group) is 1. The van der Waals surface area contributed by atoms with E-state index in [1.54, 1.807) is 13.4 Å². The molecule has 0 radical (unpaired) electrons. The number of furan rings is 1. The average Bonchev–Trinajstić information content (AvgIpc) is 2.66. The molecule has 0 aliphatic rings. The van der Waals surface area contributed by atoms with E-state index in [0.717, 1.165) is 16.7 Å². The molecule has 0 amide bonds. The molecule has 2 atom stereocenters. The zero-order valence-electron chi connectivity index (χ0n) is 9.63. The molecule has 0 spiro atoms. The maximum Gasteiger partial charge on any atom is 0.137 e. The number of hydrogen-bond acceptors (Lipinski definition) is 3. The van der Waals surface area contributed by atoms with E-state index in [2.05, 4.69) is 35.1 Å². The van der Waals surface area contributed by atoms with Gasteiger partial charge in [0.15, 0.2) is 0 Å². The molecule has 1 aromatic rings. The van der Waals surface area contributed by atoms with Crippen LogP contribution in [-0.4, -0.2) is 19.8 Å². The van der Waals surface area contributed by atoms with E-state index in [1.807, 2.05) is 13.1 Å². The molecule has 4 heteroatoms. The molecule has 1 rings (SSSR count). The number of rotatable bonds is 5. The van der Waals surface area contributed by atoms with Crippen LogP contribution in [0.5, 0.6) is 0 Å². The van der Waals surface area contributed by atoms with E-state index in [-0.39, 0.29) is 11.6 Å². The number of methoxy groups -OCH3 is 1. The van der Waals surface area contributed by atoms with Gasteiger partial charge in [0.1, 0.15) is 5.76 Å². The Morgan fingerprint density at radius 3 is 2.67 bits per heavy atom. The van der Waals surface area contributed by atoms with Crippen LogP contribution in [0.3, 0.4) is 0 Å². The SMILES string of the molecule is CCC(C)(OC)C(NC)c1occc1Br. The fraction of sp³-hybridized carbons (Fsp3) is 0.636. The fourth-order valence-electron chi connectivity index (χ4n) is 1.69. The van der Waals surface area contributed by atoms with Crippen LogP contribution in [0, 0.1) is 0 Å². The second kappa shape index (κ2) is 5.14. The first-order valence-electron chi connectivity index (χ1n) is 5.04. The van der Waals surface area contributed by atoms with Crippen LogP contribution in [0.1, 0.15) is 32.1 Å². The van der Waals surface area contributed by atoms with Gasteiger partial charge in [-0.1, -0.05) is 6.92 Å². The zero-order chi connectivity index (χ0) is 11.5. The predicted molar refractivity (Wildman–Crippen MR) is 63.9 cm³/mol. The van der Waals surface area contributed by atoms with Crippen molar-refractivity contribution in [3.05, 3.63) is 22.6 Å². The predicted octanol–water partition coefficient (Wildman–Crippen LogP) is 3.12. The van der Waals surface area contributed by atoms with E-state index in [1.165, 1.54) is 0 Å². The first-order valence-corrected chi connectivity index (χ1v) is 5.83. The van der Waals surface area contributed by atoms with E-state index in [0.29, 0.717) is 0 Å². The van der Waals surface area contributed by atoms with E-state index in [4.69, 9.17) is 9.15 Å². The van der Waals surface area contributed by atoms with Gasteiger partial charge in [0.2, 0.25) is 0 Å². The van der Waals surface area contributed by atoms with Crippen LogP contribution >= 0.6 is 15.9 Å². The Morgan fingerprint density at radius 1 is 1.67 bits per heavy atom. The Hall–Kier alpha value is -0.320. The van der Waals surface area contributed by atoms with Crippen molar-refractivity contribution in [3.63, 3.8) is 0 Å². The second-order valence-electron chi connectivity index (χ2n) is 3.72. The van der Waals surface area contributed by atoms with Crippen molar-refractivity contribution >= 4 is 15.9 Å². The third-order valence-corrected chi connectivity index (χ3v) is 3.63. The van der Waals surface area contributed by atoms with Crippen molar-refractivity contribution in [2.45, 2.75) is 31.9 Å². The lowest BCUT2D eigenvalue weighted by Crippen LogP contribution is -2.41. The Balaban J connectivity index is 3.03. The molecule has 1 N–H and O–H groups in total. The first-order chi connectivity index (χ1) is 7.09. The Labute approximate surface area is 99.3 Å². The summed E-state index contributed by atoms with van der Waals surface area (Å²) in [6.07, 6.45) is 2.58. The molecule has 15 heavy (non-hydrogen) atoms. The molecule has 0 saturated heterocycles. The van der Waals surface area contributed by atoms with Crippen LogP contribution in [0.4, 0.5) is 0 Å². The number of nitrogens with one attached hydrogen (secondary N) is 1. The number of halogens is 1. The van der Waals surface area contributed by atoms with Crippen LogP contribution in [-0.2, 0) is 4.74 Å². The van der Waals surface area contributed by atoms with Gasteiger partial charge in [0.25, 0.3) is 0 Å². The monoisotopic (exact) mass is 275 g/mol. The highest BCUT2D eigenvalue weighted by Gasteiger charge is 2.35. The molecule has 1 heterocycles. The molecule has 0 aliphatic heterocycles. The lowest BCUT2D eigenvalue weighted by Gasteiger charge is -2.34. The standard InChI is InChI=1S/C11H18BrNO2/c1-5-11(2,14-4)10(13-3)9-8(12)6-7-15-9/h6-7,10,13H,5H2,1-4H3. The number of ether oxygens (including phenoxy) is 1. The van der Waals surface area contributed by atoms with Gasteiger partial charge in [-0.25, -0.2) is 0 Å². The Bertz CT molecular complexity index is 307. The zero-order valence-corrected chi connectivity index (χ0v) is 11.2. The largest absolute Gasteiger partial charge is 0.466 e. The third kappa shape index (κ3) is 2.44. The maximum atomic E-state index is 5.58. The summed E-state index contributed by atoms with van der Waals surface area (Å²) in [6, 6.07) is 1.93. The summed E-state index contributed by atoms with van der Waals surface area (Å²) in [5.74, 6) is 0.878. The van der Waals surface area contributed by atoms with Crippen molar-refractivity contribution in [2.24, 2.45) is 0 Å². The molecular formula is C11H18BrNO2. The van der Waals surface area contributed by atoms with Gasteiger partial charge in [0, 0.05) is 7.11 Å². The van der Waals surface area contributed by atoms with E-state index in [9.17, 15) is 0 Å². The Morgan fingerprint density at radius 2 is 2.33 bits per heavy atom. The summed E-state index contributed by atoms with van der Waals surface area (Å²) < 4.78 is 12.0. The summed E-state index contributed by atoms with van der Waals surface area (Å²) >= 11 is 3.47. The lowest BCUT2D eigenvalue weighted by molar-refractivity contribution is -0.0335. The average molecular weight is 276 g/mol. The summed E-state index contributed by atoms with van der Waals surface area (Å²) in [7, 11) is 3.64. The normalized spacial score (nSPS) is 17.4. The minimum Gasteiger partial charge on any atom is -0.466 e. The lowest BCUT2D eigenvalue weighted by atomic mass is 9.91. The van der Waals surface area contributed by atoms with Gasteiger partial charge in [-0.3, -0.25) is 0 Å². The van der Waals surface area contributed by atoms with Crippen LogP contribution in [0.25, 0.3) is 0 Å². The van der Waals surface area contributed by atoms with Gasteiger partial charge in [-0.15, -0.1) is 0 Å². The topological polar surface area (TPSA) is 34.4 Å². The number of hydrogen-bond donors (Lipinski definition) is 1. The van der Waals surface area contributed by atoms with Crippen molar-refractivity contribution < 1.29 is 9.15 Å². The molecule has 86 valence electrons. The van der Waals surface area contributed by atoms with Crippen LogP contribution < -0.4 is 5.32 Å². The van der Waals surface area contributed by atoms with E-state index >= 15 is 0 Å². The maximum absolute atomic E-state index is 5.58. The van der Waals surface area contributed by atoms with Crippen LogP contribution in [0.2, 0.25) is 0 Å². The molecule has 0 aliphatic carbocycles. The molecule has 0 bridgehead atoms.